The van der Waals surface area contributed by atoms with Crippen LogP contribution in [-0.2, 0) is 16.2 Å². The minimum Gasteiger partial charge on any atom is -0.494 e. The highest BCUT2D eigenvalue weighted by atomic mass is 35.5. The Labute approximate surface area is 163 Å². The Morgan fingerprint density at radius 1 is 1.08 bits per heavy atom. The van der Waals surface area contributed by atoms with E-state index in [1.807, 2.05) is 24.3 Å². The molecular weight excluding hydrogens is 377 g/mol. The molecule has 0 saturated carbocycles. The number of carbonyl (C=O) groups is 1. The monoisotopic (exact) mass is 397 g/mol. The topological polar surface area (TPSA) is 56.8 Å². The molecule has 0 atom stereocenters. The van der Waals surface area contributed by atoms with Gasteiger partial charge in [-0.3, -0.25) is 9.63 Å². The second-order valence-corrected chi connectivity index (χ2v) is 6.37. The largest absolute Gasteiger partial charge is 0.494 e. The van der Waals surface area contributed by atoms with E-state index in [-0.39, 0.29) is 13.2 Å². The number of halogens is 2. The number of amides is 1. The summed E-state index contributed by atoms with van der Waals surface area (Å²) in [7, 11) is 0. The minimum absolute atomic E-state index is 0.217. The molecule has 2 aromatic carbocycles. The molecule has 7 heteroatoms. The number of hydrogen-bond acceptors (Lipinski definition) is 4. The van der Waals surface area contributed by atoms with Crippen molar-refractivity contribution >= 4 is 29.1 Å². The van der Waals surface area contributed by atoms with Gasteiger partial charge < -0.3 is 9.47 Å². The molecule has 0 fully saturated rings. The number of ether oxygens (including phenoxy) is 2. The summed E-state index contributed by atoms with van der Waals surface area (Å²) in [6, 6.07) is 12.3. The van der Waals surface area contributed by atoms with E-state index < -0.39 is 5.91 Å². The lowest BCUT2D eigenvalue weighted by atomic mass is 10.2. The van der Waals surface area contributed by atoms with Gasteiger partial charge in [0, 0.05) is 5.02 Å². The van der Waals surface area contributed by atoms with Crippen LogP contribution < -0.4 is 15.0 Å². The van der Waals surface area contributed by atoms with Crippen LogP contribution in [0.1, 0.15) is 25.3 Å². The van der Waals surface area contributed by atoms with E-state index >= 15 is 0 Å². The van der Waals surface area contributed by atoms with Crippen molar-refractivity contribution in [3.05, 3.63) is 58.1 Å². The molecule has 0 aliphatic carbocycles. The zero-order chi connectivity index (χ0) is 18.8. The molecule has 26 heavy (non-hydrogen) atoms. The number of carbonyl (C=O) groups excluding carboxylic acids is 1. The second-order valence-electron chi connectivity index (χ2n) is 5.52. The van der Waals surface area contributed by atoms with Gasteiger partial charge in [-0.2, -0.15) is 0 Å². The fourth-order valence-electron chi connectivity index (χ4n) is 1.98. The van der Waals surface area contributed by atoms with Crippen LogP contribution in [0.15, 0.2) is 42.5 Å². The summed E-state index contributed by atoms with van der Waals surface area (Å²) in [4.78, 5) is 16.9. The number of hydroxylamine groups is 1. The summed E-state index contributed by atoms with van der Waals surface area (Å²) in [5.74, 6) is 0.778. The van der Waals surface area contributed by atoms with Crippen molar-refractivity contribution < 1.29 is 19.1 Å². The van der Waals surface area contributed by atoms with Crippen LogP contribution in [0.4, 0.5) is 0 Å². The van der Waals surface area contributed by atoms with Crippen LogP contribution in [0.3, 0.4) is 0 Å². The summed E-state index contributed by atoms with van der Waals surface area (Å²) in [6.07, 6.45) is 2.12. The van der Waals surface area contributed by atoms with Gasteiger partial charge in [-0.25, -0.2) is 5.48 Å². The predicted octanol–water partition coefficient (Wildman–Crippen LogP) is 4.80. The number of benzene rings is 2. The molecule has 0 aliphatic heterocycles. The maximum Gasteiger partial charge on any atom is 0.281 e. The molecule has 2 rings (SSSR count). The van der Waals surface area contributed by atoms with Gasteiger partial charge in [0.25, 0.3) is 5.91 Å². The molecule has 0 spiro atoms. The van der Waals surface area contributed by atoms with Gasteiger partial charge in [0.05, 0.1) is 18.2 Å². The van der Waals surface area contributed by atoms with Gasteiger partial charge in [0.2, 0.25) is 0 Å². The quantitative estimate of drug-likeness (QED) is 0.462. The smallest absolute Gasteiger partial charge is 0.281 e. The first-order chi connectivity index (χ1) is 12.6. The van der Waals surface area contributed by atoms with Crippen LogP contribution in [0.2, 0.25) is 10.0 Å². The van der Waals surface area contributed by atoms with Crippen molar-refractivity contribution in [2.24, 2.45) is 0 Å². The molecule has 0 aliphatic rings. The van der Waals surface area contributed by atoms with Crippen LogP contribution in [0.5, 0.6) is 11.5 Å². The van der Waals surface area contributed by atoms with E-state index in [4.69, 9.17) is 37.5 Å². The molecule has 2 aromatic rings. The third kappa shape index (κ3) is 7.12. The maximum atomic E-state index is 11.7. The standard InChI is InChI=1S/C19H21Cl2NO4/c1-2-3-10-24-16-7-4-14(5-8-16)12-26-22-19(23)13-25-18-9-6-15(20)11-17(18)21/h4-9,11H,2-3,10,12-13H2,1H3,(H,22,23). The number of unbranched alkanes of at least 4 members (excludes halogenated alkanes) is 1. The highest BCUT2D eigenvalue weighted by Gasteiger charge is 2.07. The molecule has 140 valence electrons. The fourth-order valence-corrected chi connectivity index (χ4v) is 2.44. The van der Waals surface area contributed by atoms with E-state index in [1.165, 1.54) is 0 Å². The third-order valence-electron chi connectivity index (χ3n) is 3.37. The van der Waals surface area contributed by atoms with Gasteiger partial charge >= 0.3 is 0 Å². The Morgan fingerprint density at radius 2 is 1.85 bits per heavy atom. The Balaban J connectivity index is 1.67. The number of hydrogen-bond donors (Lipinski definition) is 1. The molecule has 0 aromatic heterocycles. The molecule has 0 bridgehead atoms. The van der Waals surface area contributed by atoms with Crippen LogP contribution in [0.25, 0.3) is 0 Å². The minimum atomic E-state index is -0.421. The van der Waals surface area contributed by atoms with Crippen LogP contribution in [0, 0.1) is 0 Å². The van der Waals surface area contributed by atoms with E-state index in [1.54, 1.807) is 18.2 Å². The SMILES string of the molecule is CCCCOc1ccc(CONC(=O)COc2ccc(Cl)cc2Cl)cc1. The van der Waals surface area contributed by atoms with E-state index in [0.29, 0.717) is 22.4 Å². The van der Waals surface area contributed by atoms with Gasteiger partial charge in [0.15, 0.2) is 6.61 Å². The second kappa shape index (κ2) is 10.9. The molecule has 1 N–H and O–H groups in total. The molecule has 0 radical (unpaired) electrons. The van der Waals surface area contributed by atoms with Gasteiger partial charge in [0.1, 0.15) is 11.5 Å². The first-order valence-electron chi connectivity index (χ1n) is 8.28. The van der Waals surface area contributed by atoms with E-state index in [0.717, 1.165) is 24.2 Å². The first kappa shape index (κ1) is 20.4. The zero-order valence-electron chi connectivity index (χ0n) is 14.5. The summed E-state index contributed by atoms with van der Waals surface area (Å²) < 4.78 is 10.9. The molecular formula is C19H21Cl2NO4. The summed E-state index contributed by atoms with van der Waals surface area (Å²) >= 11 is 11.8. The number of rotatable bonds is 10. The molecule has 0 heterocycles. The van der Waals surface area contributed by atoms with Crippen molar-refractivity contribution in [2.45, 2.75) is 26.4 Å². The Bertz CT molecular complexity index is 707. The average Bonchev–Trinajstić information content (AvgIpc) is 2.62. The van der Waals surface area contributed by atoms with Crippen molar-refractivity contribution in [1.29, 1.82) is 0 Å². The summed E-state index contributed by atoms with van der Waals surface area (Å²) in [5, 5.41) is 0.837. The lowest BCUT2D eigenvalue weighted by Gasteiger charge is -2.10. The highest BCUT2D eigenvalue weighted by molar-refractivity contribution is 6.35. The van der Waals surface area contributed by atoms with Crippen LogP contribution in [-0.4, -0.2) is 19.1 Å². The fraction of sp³-hybridized carbons (Fsp3) is 0.316. The predicted molar refractivity (Wildman–Crippen MR) is 102 cm³/mol. The lowest BCUT2D eigenvalue weighted by molar-refractivity contribution is -0.136. The number of nitrogens with one attached hydrogen (secondary N) is 1. The maximum absolute atomic E-state index is 11.7. The molecule has 1 amide bonds. The van der Waals surface area contributed by atoms with Gasteiger partial charge in [-0.15, -0.1) is 0 Å². The van der Waals surface area contributed by atoms with E-state index in [2.05, 4.69) is 12.4 Å². The zero-order valence-corrected chi connectivity index (χ0v) is 16.0. The van der Waals surface area contributed by atoms with Crippen LogP contribution >= 0.6 is 23.2 Å². The Hall–Kier alpha value is -1.95. The molecule has 5 nitrogen and oxygen atoms in total. The van der Waals surface area contributed by atoms with Crippen molar-refractivity contribution in [3.8, 4) is 11.5 Å². The third-order valence-corrected chi connectivity index (χ3v) is 3.90. The Kier molecular flexibility index (Phi) is 8.54. The normalized spacial score (nSPS) is 10.4. The van der Waals surface area contributed by atoms with Gasteiger partial charge in [-0.1, -0.05) is 48.7 Å². The van der Waals surface area contributed by atoms with Gasteiger partial charge in [-0.05, 0) is 42.3 Å². The molecule has 0 saturated heterocycles. The average molecular weight is 398 g/mol. The van der Waals surface area contributed by atoms with Crippen molar-refractivity contribution in [2.75, 3.05) is 13.2 Å². The van der Waals surface area contributed by atoms with E-state index in [9.17, 15) is 4.79 Å². The Morgan fingerprint density at radius 3 is 2.54 bits per heavy atom. The van der Waals surface area contributed by atoms with Crippen molar-refractivity contribution in [3.63, 3.8) is 0 Å². The highest BCUT2D eigenvalue weighted by Crippen LogP contribution is 2.27. The molecule has 0 unspecified atom stereocenters. The first-order valence-corrected chi connectivity index (χ1v) is 9.04. The van der Waals surface area contributed by atoms with Crippen molar-refractivity contribution in [1.82, 2.24) is 5.48 Å². The lowest BCUT2D eigenvalue weighted by Crippen LogP contribution is -2.29. The summed E-state index contributed by atoms with van der Waals surface area (Å²) in [5.41, 5.74) is 3.24. The summed E-state index contributed by atoms with van der Waals surface area (Å²) in [6.45, 7) is 2.85.